The van der Waals surface area contributed by atoms with E-state index < -0.39 is 10.0 Å². The van der Waals surface area contributed by atoms with E-state index >= 15 is 0 Å². The minimum Gasteiger partial charge on any atom is -0.379 e. The number of benzene rings is 1. The SMILES string of the molecule is C[C@@H]1CCC[C@H](C)N1c1ccc(S(=O)(=O)N2CCOCC2)cc1Cl. The van der Waals surface area contributed by atoms with E-state index in [9.17, 15) is 8.42 Å². The Hall–Kier alpha value is -0.820. The van der Waals surface area contributed by atoms with Crippen molar-refractivity contribution in [1.82, 2.24) is 4.31 Å². The van der Waals surface area contributed by atoms with Crippen LogP contribution in [0.5, 0.6) is 0 Å². The molecule has 24 heavy (non-hydrogen) atoms. The van der Waals surface area contributed by atoms with E-state index in [2.05, 4.69) is 18.7 Å². The highest BCUT2D eigenvalue weighted by molar-refractivity contribution is 7.89. The Morgan fingerprint density at radius 3 is 2.33 bits per heavy atom. The maximum Gasteiger partial charge on any atom is 0.243 e. The van der Waals surface area contributed by atoms with Crippen LogP contribution < -0.4 is 4.90 Å². The molecular formula is C17H25ClN2O3S. The Morgan fingerprint density at radius 1 is 1.12 bits per heavy atom. The minimum absolute atomic E-state index is 0.260. The lowest BCUT2D eigenvalue weighted by molar-refractivity contribution is 0.0730. The molecule has 2 saturated heterocycles. The lowest BCUT2D eigenvalue weighted by atomic mass is 9.96. The Labute approximate surface area is 149 Å². The van der Waals surface area contributed by atoms with Gasteiger partial charge < -0.3 is 9.64 Å². The smallest absolute Gasteiger partial charge is 0.243 e. The molecule has 0 aliphatic carbocycles. The topological polar surface area (TPSA) is 49.9 Å². The van der Waals surface area contributed by atoms with Gasteiger partial charge in [0.2, 0.25) is 10.0 Å². The Kier molecular flexibility index (Phi) is 5.39. The molecule has 0 N–H and O–H groups in total. The van der Waals surface area contributed by atoms with Crippen LogP contribution in [0.15, 0.2) is 23.1 Å². The molecule has 1 aromatic rings. The van der Waals surface area contributed by atoms with E-state index in [0.29, 0.717) is 43.4 Å². The fourth-order valence-electron chi connectivity index (χ4n) is 3.69. The third kappa shape index (κ3) is 3.43. The van der Waals surface area contributed by atoms with Gasteiger partial charge in [-0.15, -0.1) is 0 Å². The molecule has 0 amide bonds. The highest BCUT2D eigenvalue weighted by Gasteiger charge is 2.29. The molecule has 2 heterocycles. The number of morpholine rings is 1. The highest BCUT2D eigenvalue weighted by Crippen LogP contribution is 2.36. The normalized spacial score (nSPS) is 26.5. The third-order valence-electron chi connectivity index (χ3n) is 5.00. The Bertz CT molecular complexity index is 679. The molecule has 7 heteroatoms. The van der Waals surface area contributed by atoms with Crippen LogP contribution >= 0.6 is 11.6 Å². The van der Waals surface area contributed by atoms with Gasteiger partial charge in [0.25, 0.3) is 0 Å². The first-order chi connectivity index (χ1) is 11.4. The number of hydrogen-bond donors (Lipinski definition) is 0. The molecule has 1 aromatic carbocycles. The van der Waals surface area contributed by atoms with Crippen LogP contribution in [-0.2, 0) is 14.8 Å². The summed E-state index contributed by atoms with van der Waals surface area (Å²) in [7, 11) is -3.51. The molecule has 134 valence electrons. The van der Waals surface area contributed by atoms with Crippen molar-refractivity contribution in [2.75, 3.05) is 31.2 Å². The molecule has 0 bridgehead atoms. The first-order valence-corrected chi connectivity index (χ1v) is 10.4. The molecule has 2 fully saturated rings. The number of rotatable bonds is 3. The predicted molar refractivity (Wildman–Crippen MR) is 96.3 cm³/mol. The van der Waals surface area contributed by atoms with Crippen molar-refractivity contribution < 1.29 is 13.2 Å². The van der Waals surface area contributed by atoms with Gasteiger partial charge in [-0.3, -0.25) is 0 Å². The van der Waals surface area contributed by atoms with Crippen molar-refractivity contribution in [2.24, 2.45) is 0 Å². The largest absolute Gasteiger partial charge is 0.379 e. The quantitative estimate of drug-likeness (QED) is 0.817. The molecule has 0 radical (unpaired) electrons. The molecule has 2 aliphatic rings. The second-order valence-electron chi connectivity index (χ2n) is 6.67. The van der Waals surface area contributed by atoms with Crippen molar-refractivity contribution >= 4 is 27.3 Å². The zero-order chi connectivity index (χ0) is 17.3. The van der Waals surface area contributed by atoms with Crippen LogP contribution in [0, 0.1) is 0 Å². The summed E-state index contributed by atoms with van der Waals surface area (Å²) in [4.78, 5) is 2.58. The summed E-state index contributed by atoms with van der Waals surface area (Å²) in [6.07, 6.45) is 3.49. The van der Waals surface area contributed by atoms with Crippen LogP contribution in [0.2, 0.25) is 5.02 Å². The van der Waals surface area contributed by atoms with Gasteiger partial charge in [-0.25, -0.2) is 8.42 Å². The summed E-state index contributed by atoms with van der Waals surface area (Å²) >= 11 is 6.49. The van der Waals surface area contributed by atoms with Crippen molar-refractivity contribution in [2.45, 2.75) is 50.1 Å². The lowest BCUT2D eigenvalue weighted by Crippen LogP contribution is -2.44. The molecule has 5 nitrogen and oxygen atoms in total. The molecule has 0 unspecified atom stereocenters. The standard InChI is InChI=1S/C17H25ClN2O3S/c1-13-4-3-5-14(2)20(13)17-7-6-15(12-16(17)18)24(21,22)19-8-10-23-11-9-19/h6-7,12-14H,3-5,8-11H2,1-2H3/t13-,14+. The summed E-state index contributed by atoms with van der Waals surface area (Å²) in [6.45, 7) is 6.06. The fraction of sp³-hybridized carbons (Fsp3) is 0.647. The molecule has 0 saturated carbocycles. The summed E-state index contributed by atoms with van der Waals surface area (Å²) < 4.78 is 32.2. The van der Waals surface area contributed by atoms with E-state index in [1.807, 2.05) is 6.07 Å². The van der Waals surface area contributed by atoms with Crippen molar-refractivity contribution in [3.05, 3.63) is 23.2 Å². The lowest BCUT2D eigenvalue weighted by Gasteiger charge is -2.41. The van der Waals surface area contributed by atoms with E-state index in [0.717, 1.165) is 18.5 Å². The van der Waals surface area contributed by atoms with Crippen LogP contribution in [-0.4, -0.2) is 51.1 Å². The van der Waals surface area contributed by atoms with Gasteiger partial charge >= 0.3 is 0 Å². The van der Waals surface area contributed by atoms with Crippen LogP contribution in [0.3, 0.4) is 0 Å². The van der Waals surface area contributed by atoms with Gasteiger partial charge in [-0.05, 0) is 51.3 Å². The van der Waals surface area contributed by atoms with Gasteiger partial charge in [-0.2, -0.15) is 4.31 Å². The molecule has 3 rings (SSSR count). The second kappa shape index (κ2) is 7.20. The first-order valence-electron chi connectivity index (χ1n) is 8.57. The number of nitrogens with zero attached hydrogens (tertiary/aromatic N) is 2. The summed E-state index contributed by atoms with van der Waals surface area (Å²) in [6, 6.07) is 5.95. The predicted octanol–water partition coefficient (Wildman–Crippen LogP) is 3.13. The first kappa shape index (κ1) is 18.0. The van der Waals surface area contributed by atoms with Gasteiger partial charge in [0.05, 0.1) is 28.8 Å². The van der Waals surface area contributed by atoms with E-state index in [-0.39, 0.29) is 4.90 Å². The van der Waals surface area contributed by atoms with Crippen LogP contribution in [0.4, 0.5) is 5.69 Å². The highest BCUT2D eigenvalue weighted by atomic mass is 35.5. The Morgan fingerprint density at radius 2 is 1.75 bits per heavy atom. The summed E-state index contributed by atoms with van der Waals surface area (Å²) in [5.41, 5.74) is 0.928. The zero-order valence-electron chi connectivity index (χ0n) is 14.2. The van der Waals surface area contributed by atoms with E-state index in [1.165, 1.54) is 10.7 Å². The maximum atomic E-state index is 12.8. The van der Waals surface area contributed by atoms with Gasteiger partial charge in [0.1, 0.15) is 0 Å². The molecule has 0 spiro atoms. The number of sulfonamides is 1. The monoisotopic (exact) mass is 372 g/mol. The number of piperidine rings is 1. The van der Waals surface area contributed by atoms with E-state index in [1.54, 1.807) is 12.1 Å². The van der Waals surface area contributed by atoms with Crippen molar-refractivity contribution in [1.29, 1.82) is 0 Å². The number of halogens is 1. The van der Waals surface area contributed by atoms with Gasteiger partial charge in [0.15, 0.2) is 0 Å². The third-order valence-corrected chi connectivity index (χ3v) is 7.20. The van der Waals surface area contributed by atoms with Crippen LogP contribution in [0.25, 0.3) is 0 Å². The molecular weight excluding hydrogens is 348 g/mol. The van der Waals surface area contributed by atoms with E-state index in [4.69, 9.17) is 16.3 Å². The number of hydrogen-bond acceptors (Lipinski definition) is 4. The second-order valence-corrected chi connectivity index (χ2v) is 9.01. The summed E-state index contributed by atoms with van der Waals surface area (Å²) in [5, 5.41) is 0.505. The minimum atomic E-state index is -3.51. The average Bonchev–Trinajstić information content (AvgIpc) is 2.56. The van der Waals surface area contributed by atoms with Gasteiger partial charge in [-0.1, -0.05) is 11.6 Å². The van der Waals surface area contributed by atoms with Crippen molar-refractivity contribution in [3.63, 3.8) is 0 Å². The zero-order valence-corrected chi connectivity index (χ0v) is 15.8. The van der Waals surface area contributed by atoms with Crippen molar-refractivity contribution in [3.8, 4) is 0 Å². The molecule has 0 aromatic heterocycles. The van der Waals surface area contributed by atoms with Crippen LogP contribution in [0.1, 0.15) is 33.1 Å². The molecule has 2 aliphatic heterocycles. The average molecular weight is 373 g/mol. The maximum absolute atomic E-state index is 12.8. The molecule has 2 atom stereocenters. The van der Waals surface area contributed by atoms with Gasteiger partial charge in [0, 0.05) is 25.2 Å². The number of ether oxygens (including phenoxy) is 1. The number of anilines is 1. The Balaban J connectivity index is 1.89. The summed E-state index contributed by atoms with van der Waals surface area (Å²) in [5.74, 6) is 0. The fourth-order valence-corrected chi connectivity index (χ4v) is 5.47.